The molecule has 0 unspecified atom stereocenters. The summed E-state index contributed by atoms with van der Waals surface area (Å²) in [6.07, 6.45) is 2.52. The summed E-state index contributed by atoms with van der Waals surface area (Å²) >= 11 is 0. The molecule has 124 valence electrons. The van der Waals surface area contributed by atoms with Crippen molar-refractivity contribution >= 4 is 0 Å². The van der Waals surface area contributed by atoms with Crippen LogP contribution >= 0.6 is 0 Å². The Labute approximate surface area is 136 Å². The third-order valence-corrected chi connectivity index (χ3v) is 4.97. The summed E-state index contributed by atoms with van der Waals surface area (Å²) < 4.78 is 10.7. The molecule has 2 aromatic rings. The van der Waals surface area contributed by atoms with E-state index in [0.717, 1.165) is 62.2 Å². The molecule has 0 atom stereocenters. The summed E-state index contributed by atoms with van der Waals surface area (Å²) in [6.45, 7) is 10.1. The second kappa shape index (κ2) is 6.09. The number of piperazine rings is 1. The Balaban J connectivity index is 1.28. The van der Waals surface area contributed by atoms with Crippen LogP contribution < -0.4 is 0 Å². The van der Waals surface area contributed by atoms with Crippen LogP contribution in [0.15, 0.2) is 15.1 Å². The van der Waals surface area contributed by atoms with Crippen molar-refractivity contribution in [3.05, 3.63) is 34.5 Å². The van der Waals surface area contributed by atoms with Gasteiger partial charge in [0.25, 0.3) is 0 Å². The van der Waals surface area contributed by atoms with E-state index < -0.39 is 0 Å². The molecular weight excluding hydrogens is 292 g/mol. The van der Waals surface area contributed by atoms with Crippen molar-refractivity contribution < 1.29 is 9.05 Å². The lowest BCUT2D eigenvalue weighted by atomic mass is 10.1. The Kier molecular flexibility index (Phi) is 3.95. The summed E-state index contributed by atoms with van der Waals surface area (Å²) in [5, 5.41) is 8.27. The van der Waals surface area contributed by atoms with Gasteiger partial charge in [-0.25, -0.2) is 0 Å². The van der Waals surface area contributed by atoms with E-state index in [1.807, 2.05) is 13.8 Å². The fourth-order valence-electron chi connectivity index (χ4n) is 3.25. The van der Waals surface area contributed by atoms with Gasteiger partial charge in [-0.05, 0) is 26.7 Å². The van der Waals surface area contributed by atoms with Crippen molar-refractivity contribution in [2.75, 3.05) is 26.2 Å². The van der Waals surface area contributed by atoms with Gasteiger partial charge in [0.15, 0.2) is 0 Å². The molecule has 0 radical (unpaired) electrons. The molecule has 0 N–H and O–H groups in total. The van der Waals surface area contributed by atoms with Crippen LogP contribution in [-0.2, 0) is 13.1 Å². The van der Waals surface area contributed by atoms with E-state index in [4.69, 9.17) is 9.05 Å². The zero-order valence-corrected chi connectivity index (χ0v) is 13.9. The van der Waals surface area contributed by atoms with Crippen molar-refractivity contribution in [1.82, 2.24) is 20.1 Å². The van der Waals surface area contributed by atoms with E-state index in [1.54, 1.807) is 0 Å². The second-order valence-corrected chi connectivity index (χ2v) is 6.85. The topological polar surface area (TPSA) is 58.5 Å². The molecule has 0 bridgehead atoms. The molecule has 1 saturated heterocycles. The molecule has 1 saturated carbocycles. The molecule has 0 spiro atoms. The van der Waals surface area contributed by atoms with Crippen molar-refractivity contribution in [3.63, 3.8) is 0 Å². The first-order chi connectivity index (χ1) is 11.2. The van der Waals surface area contributed by atoms with Gasteiger partial charge in [0.1, 0.15) is 11.5 Å². The van der Waals surface area contributed by atoms with Crippen LogP contribution in [0.5, 0.6) is 0 Å². The first kappa shape index (κ1) is 14.9. The van der Waals surface area contributed by atoms with E-state index in [0.29, 0.717) is 5.92 Å². The monoisotopic (exact) mass is 316 g/mol. The van der Waals surface area contributed by atoms with E-state index in [2.05, 4.69) is 26.2 Å². The Bertz CT molecular complexity index is 646. The maximum absolute atomic E-state index is 5.44. The van der Waals surface area contributed by atoms with E-state index >= 15 is 0 Å². The van der Waals surface area contributed by atoms with E-state index in [-0.39, 0.29) is 0 Å². The molecule has 6 nitrogen and oxygen atoms in total. The van der Waals surface area contributed by atoms with Gasteiger partial charge in [-0.15, -0.1) is 0 Å². The fourth-order valence-corrected chi connectivity index (χ4v) is 3.25. The number of hydrogen-bond donors (Lipinski definition) is 0. The summed E-state index contributed by atoms with van der Waals surface area (Å²) in [7, 11) is 0. The summed E-state index contributed by atoms with van der Waals surface area (Å²) in [6, 6.07) is 2.15. The second-order valence-electron chi connectivity index (χ2n) is 6.85. The van der Waals surface area contributed by atoms with E-state index in [1.165, 1.54) is 18.4 Å². The number of hydrogen-bond acceptors (Lipinski definition) is 6. The highest BCUT2D eigenvalue weighted by Gasteiger charge is 2.28. The third-order valence-electron chi connectivity index (χ3n) is 4.97. The smallest absolute Gasteiger partial charge is 0.140 e. The van der Waals surface area contributed by atoms with Crippen LogP contribution in [0, 0.1) is 13.8 Å². The van der Waals surface area contributed by atoms with Gasteiger partial charge in [-0.1, -0.05) is 10.3 Å². The fraction of sp³-hybridized carbons (Fsp3) is 0.647. The Morgan fingerprint density at radius 2 is 1.70 bits per heavy atom. The Hall–Kier alpha value is -1.66. The highest BCUT2D eigenvalue weighted by Crippen LogP contribution is 2.40. The first-order valence-electron chi connectivity index (χ1n) is 8.51. The van der Waals surface area contributed by atoms with Gasteiger partial charge >= 0.3 is 0 Å². The Morgan fingerprint density at radius 3 is 2.30 bits per heavy atom. The average molecular weight is 316 g/mol. The van der Waals surface area contributed by atoms with Crippen LogP contribution in [0.25, 0.3) is 0 Å². The zero-order chi connectivity index (χ0) is 15.8. The zero-order valence-electron chi connectivity index (χ0n) is 13.9. The predicted octanol–water partition coefficient (Wildman–Crippen LogP) is 2.47. The van der Waals surface area contributed by atoms with Crippen molar-refractivity contribution in [3.8, 4) is 0 Å². The molecule has 2 aliphatic rings. The number of rotatable bonds is 5. The van der Waals surface area contributed by atoms with Crippen molar-refractivity contribution in [1.29, 1.82) is 0 Å². The molecule has 6 heteroatoms. The minimum Gasteiger partial charge on any atom is -0.361 e. The molecule has 2 fully saturated rings. The molecule has 0 amide bonds. The normalized spacial score (nSPS) is 20.3. The van der Waals surface area contributed by atoms with Crippen LogP contribution in [0.3, 0.4) is 0 Å². The van der Waals surface area contributed by atoms with Gasteiger partial charge in [0, 0.05) is 56.8 Å². The molecular formula is C17H24N4O2. The van der Waals surface area contributed by atoms with Gasteiger partial charge in [-0.3, -0.25) is 9.80 Å². The molecule has 3 heterocycles. The van der Waals surface area contributed by atoms with Crippen molar-refractivity contribution in [2.45, 2.75) is 45.7 Å². The van der Waals surface area contributed by atoms with Crippen molar-refractivity contribution in [2.24, 2.45) is 0 Å². The lowest BCUT2D eigenvalue weighted by Gasteiger charge is -2.34. The maximum Gasteiger partial charge on any atom is 0.140 e. The summed E-state index contributed by atoms with van der Waals surface area (Å²) in [5.74, 6) is 2.67. The molecule has 0 aromatic carbocycles. The van der Waals surface area contributed by atoms with E-state index in [9.17, 15) is 0 Å². The van der Waals surface area contributed by atoms with Crippen LogP contribution in [-0.4, -0.2) is 46.3 Å². The predicted molar refractivity (Wildman–Crippen MR) is 85.0 cm³/mol. The van der Waals surface area contributed by atoms with Gasteiger partial charge in [0.2, 0.25) is 0 Å². The molecule has 2 aromatic heterocycles. The minimum absolute atomic E-state index is 0.642. The third kappa shape index (κ3) is 3.33. The SMILES string of the molecule is Cc1noc(C)c1CN1CCN(Cc2cc(C3CC3)on2)CC1. The average Bonchev–Trinajstić information content (AvgIpc) is 3.23. The van der Waals surface area contributed by atoms with Crippen LogP contribution in [0.1, 0.15) is 47.2 Å². The number of aromatic nitrogens is 2. The lowest BCUT2D eigenvalue weighted by molar-refractivity contribution is 0.119. The van der Waals surface area contributed by atoms with Gasteiger partial charge < -0.3 is 9.05 Å². The molecule has 23 heavy (non-hydrogen) atoms. The molecule has 1 aliphatic heterocycles. The largest absolute Gasteiger partial charge is 0.361 e. The van der Waals surface area contributed by atoms with Crippen LogP contribution in [0.4, 0.5) is 0 Å². The molecule has 4 rings (SSSR count). The number of aryl methyl sites for hydroxylation is 2. The van der Waals surface area contributed by atoms with Crippen LogP contribution in [0.2, 0.25) is 0 Å². The van der Waals surface area contributed by atoms with Gasteiger partial charge in [0.05, 0.1) is 11.4 Å². The molecule has 1 aliphatic carbocycles. The van der Waals surface area contributed by atoms with Gasteiger partial charge in [-0.2, -0.15) is 0 Å². The minimum atomic E-state index is 0.642. The Morgan fingerprint density at radius 1 is 1.00 bits per heavy atom. The first-order valence-corrected chi connectivity index (χ1v) is 8.51. The summed E-state index contributed by atoms with van der Waals surface area (Å²) in [5.41, 5.74) is 3.33. The standard InChI is InChI=1S/C17H24N4O2/c1-12-16(13(2)22-18-12)11-21-7-5-20(6-8-21)10-15-9-17(23-19-15)14-3-4-14/h9,14H,3-8,10-11H2,1-2H3. The number of nitrogens with zero attached hydrogens (tertiary/aromatic N) is 4. The lowest BCUT2D eigenvalue weighted by Crippen LogP contribution is -2.45. The highest BCUT2D eigenvalue weighted by molar-refractivity contribution is 5.20. The maximum atomic E-state index is 5.44. The summed E-state index contributed by atoms with van der Waals surface area (Å²) in [4.78, 5) is 4.93. The highest BCUT2D eigenvalue weighted by atomic mass is 16.5. The quantitative estimate of drug-likeness (QED) is 0.844.